The van der Waals surface area contributed by atoms with Crippen molar-refractivity contribution in [2.45, 2.75) is 18.5 Å². The molecular weight excluding hydrogens is 306 g/mol. The molecule has 0 saturated carbocycles. The molecule has 0 unspecified atom stereocenters. The Morgan fingerprint density at radius 1 is 1.38 bits per heavy atom. The van der Waals surface area contributed by atoms with Crippen LogP contribution in [0.1, 0.15) is 21.6 Å². The zero-order valence-corrected chi connectivity index (χ0v) is 13.5. The highest BCUT2D eigenvalue weighted by Crippen LogP contribution is 2.16. The summed E-state index contributed by atoms with van der Waals surface area (Å²) in [5.74, 6) is -0.272. The van der Waals surface area contributed by atoms with Crippen molar-refractivity contribution in [2.75, 3.05) is 12.8 Å². The van der Waals surface area contributed by atoms with Crippen molar-refractivity contribution in [1.29, 1.82) is 0 Å². The molecule has 21 heavy (non-hydrogen) atoms. The van der Waals surface area contributed by atoms with E-state index in [-0.39, 0.29) is 16.6 Å². The molecule has 2 aromatic rings. The number of nitrogens with zero attached hydrogens (tertiary/aromatic N) is 2. The van der Waals surface area contributed by atoms with E-state index in [0.29, 0.717) is 11.7 Å². The average Bonchev–Trinajstić information content (AvgIpc) is 2.49. The van der Waals surface area contributed by atoms with Crippen molar-refractivity contribution in [2.24, 2.45) is 0 Å². The maximum Gasteiger partial charge on any atom is 0.271 e. The molecule has 110 valence electrons. The van der Waals surface area contributed by atoms with Crippen LogP contribution in [0.5, 0.6) is 0 Å². The number of aromatic nitrogens is 2. The monoisotopic (exact) mass is 321 g/mol. The molecule has 1 amide bonds. The fourth-order valence-corrected chi connectivity index (χ4v) is 2.41. The Kier molecular flexibility index (Phi) is 5.59. The molecule has 0 aliphatic carbocycles. The van der Waals surface area contributed by atoms with E-state index in [4.69, 9.17) is 11.6 Å². The highest BCUT2D eigenvalue weighted by molar-refractivity contribution is 7.98. The molecule has 1 N–H and O–H groups in total. The predicted molar refractivity (Wildman–Crippen MR) is 86.0 cm³/mol. The van der Waals surface area contributed by atoms with Gasteiger partial charge in [0.1, 0.15) is 0 Å². The van der Waals surface area contributed by atoms with Crippen LogP contribution in [0.2, 0.25) is 5.02 Å². The molecule has 6 heteroatoms. The number of thioether (sulfide) groups is 1. The zero-order valence-electron chi connectivity index (χ0n) is 11.9. The second-order valence-corrected chi connectivity index (χ2v) is 5.67. The van der Waals surface area contributed by atoms with E-state index >= 15 is 0 Å². The third-order valence-corrected chi connectivity index (χ3v) is 3.90. The summed E-state index contributed by atoms with van der Waals surface area (Å²) in [6.07, 6.45) is 4.08. The molecular formula is C15H16ClN3OS. The number of carbonyl (C=O) groups is 1. The molecule has 1 aromatic carbocycles. The number of benzene rings is 1. The molecule has 0 bridgehead atoms. The minimum Gasteiger partial charge on any atom is -0.350 e. The van der Waals surface area contributed by atoms with Gasteiger partial charge in [-0.3, -0.25) is 4.79 Å². The minimum absolute atomic E-state index is 0.223. The lowest BCUT2D eigenvalue weighted by molar-refractivity contribution is 0.0948. The SMILES string of the molecule is CSc1ncc(Cl)c(C(=O)NCCc2ccccc2C)n1. The fraction of sp³-hybridized carbons (Fsp3) is 0.267. The number of halogens is 1. The van der Waals surface area contributed by atoms with Gasteiger partial charge in [0.25, 0.3) is 5.91 Å². The first-order valence-electron chi connectivity index (χ1n) is 6.51. The van der Waals surface area contributed by atoms with Gasteiger partial charge in [0.2, 0.25) is 0 Å². The maximum atomic E-state index is 12.1. The summed E-state index contributed by atoms with van der Waals surface area (Å²) in [6, 6.07) is 8.12. The topological polar surface area (TPSA) is 54.9 Å². The van der Waals surface area contributed by atoms with Crippen LogP contribution in [-0.2, 0) is 6.42 Å². The van der Waals surface area contributed by atoms with Gasteiger partial charge in [-0.05, 0) is 30.7 Å². The van der Waals surface area contributed by atoms with Crippen molar-refractivity contribution in [3.63, 3.8) is 0 Å². The Morgan fingerprint density at radius 2 is 2.14 bits per heavy atom. The molecule has 0 fully saturated rings. The summed E-state index contributed by atoms with van der Waals surface area (Å²) >= 11 is 7.34. The van der Waals surface area contributed by atoms with Gasteiger partial charge < -0.3 is 5.32 Å². The van der Waals surface area contributed by atoms with Gasteiger partial charge in [0.05, 0.1) is 11.2 Å². The first-order chi connectivity index (χ1) is 10.1. The zero-order chi connectivity index (χ0) is 15.2. The van der Waals surface area contributed by atoms with Gasteiger partial charge in [-0.2, -0.15) is 0 Å². The van der Waals surface area contributed by atoms with Crippen LogP contribution >= 0.6 is 23.4 Å². The Balaban J connectivity index is 1.98. The van der Waals surface area contributed by atoms with Gasteiger partial charge in [0, 0.05) is 6.54 Å². The van der Waals surface area contributed by atoms with Gasteiger partial charge in [-0.1, -0.05) is 47.6 Å². The Bertz CT molecular complexity index is 649. The second kappa shape index (κ2) is 7.43. The molecule has 0 spiro atoms. The molecule has 0 saturated heterocycles. The number of carbonyl (C=O) groups excluding carboxylic acids is 1. The second-order valence-electron chi connectivity index (χ2n) is 4.49. The number of nitrogens with one attached hydrogen (secondary N) is 1. The lowest BCUT2D eigenvalue weighted by Crippen LogP contribution is -2.27. The summed E-state index contributed by atoms with van der Waals surface area (Å²) in [5.41, 5.74) is 2.66. The maximum absolute atomic E-state index is 12.1. The Labute approximate surface area is 133 Å². The number of rotatable bonds is 5. The molecule has 4 nitrogen and oxygen atoms in total. The fourth-order valence-electron chi connectivity index (χ4n) is 1.89. The summed E-state index contributed by atoms with van der Waals surface area (Å²) < 4.78 is 0. The van der Waals surface area contributed by atoms with Gasteiger partial charge >= 0.3 is 0 Å². The average molecular weight is 322 g/mol. The largest absolute Gasteiger partial charge is 0.350 e. The van der Waals surface area contributed by atoms with Crippen molar-refractivity contribution < 1.29 is 4.79 Å². The van der Waals surface area contributed by atoms with E-state index in [0.717, 1.165) is 6.42 Å². The van der Waals surface area contributed by atoms with Gasteiger partial charge in [-0.15, -0.1) is 0 Å². The van der Waals surface area contributed by atoms with Crippen molar-refractivity contribution >= 4 is 29.3 Å². The first kappa shape index (κ1) is 15.8. The smallest absolute Gasteiger partial charge is 0.271 e. The number of aryl methyl sites for hydroxylation is 1. The normalized spacial score (nSPS) is 10.4. The third kappa shape index (κ3) is 4.19. The molecule has 1 heterocycles. The van der Waals surface area contributed by atoms with Crippen LogP contribution in [0.25, 0.3) is 0 Å². The van der Waals surface area contributed by atoms with Crippen LogP contribution in [0, 0.1) is 6.92 Å². The standard InChI is InChI=1S/C15H16ClN3OS/c1-10-5-3-4-6-11(10)7-8-17-14(20)13-12(16)9-18-15(19-13)21-2/h3-6,9H,7-8H2,1-2H3,(H,17,20). The molecule has 1 aromatic heterocycles. The summed E-state index contributed by atoms with van der Waals surface area (Å²) in [5, 5.41) is 3.64. The first-order valence-corrected chi connectivity index (χ1v) is 8.11. The van der Waals surface area contributed by atoms with E-state index in [2.05, 4.69) is 34.3 Å². The van der Waals surface area contributed by atoms with Crippen LogP contribution < -0.4 is 5.32 Å². The Morgan fingerprint density at radius 3 is 2.86 bits per heavy atom. The Hall–Kier alpha value is -1.59. The number of hydrogen-bond acceptors (Lipinski definition) is 4. The summed E-state index contributed by atoms with van der Waals surface area (Å²) in [4.78, 5) is 20.3. The van der Waals surface area contributed by atoms with E-state index in [1.54, 1.807) is 0 Å². The van der Waals surface area contributed by atoms with E-state index < -0.39 is 0 Å². The quantitative estimate of drug-likeness (QED) is 0.679. The molecule has 0 aliphatic rings. The third-order valence-electron chi connectivity index (χ3n) is 3.06. The van der Waals surface area contributed by atoms with Crippen molar-refractivity contribution in [3.05, 3.63) is 52.3 Å². The van der Waals surface area contributed by atoms with Crippen LogP contribution in [-0.4, -0.2) is 28.7 Å². The van der Waals surface area contributed by atoms with Crippen LogP contribution in [0.4, 0.5) is 0 Å². The highest BCUT2D eigenvalue weighted by Gasteiger charge is 2.13. The van der Waals surface area contributed by atoms with E-state index in [1.807, 2.05) is 18.4 Å². The number of amides is 1. The van der Waals surface area contributed by atoms with Crippen LogP contribution in [0.15, 0.2) is 35.6 Å². The summed E-state index contributed by atoms with van der Waals surface area (Å²) in [6.45, 7) is 2.60. The lowest BCUT2D eigenvalue weighted by atomic mass is 10.1. The van der Waals surface area contributed by atoms with Gasteiger partial charge in [-0.25, -0.2) is 9.97 Å². The van der Waals surface area contributed by atoms with E-state index in [1.165, 1.54) is 29.1 Å². The minimum atomic E-state index is -0.272. The molecule has 2 rings (SSSR count). The van der Waals surface area contributed by atoms with Crippen LogP contribution in [0.3, 0.4) is 0 Å². The van der Waals surface area contributed by atoms with Crippen molar-refractivity contribution in [1.82, 2.24) is 15.3 Å². The number of hydrogen-bond donors (Lipinski definition) is 1. The predicted octanol–water partition coefficient (Wildman–Crippen LogP) is 3.13. The highest BCUT2D eigenvalue weighted by atomic mass is 35.5. The van der Waals surface area contributed by atoms with E-state index in [9.17, 15) is 4.79 Å². The lowest BCUT2D eigenvalue weighted by Gasteiger charge is -2.08. The van der Waals surface area contributed by atoms with Gasteiger partial charge in [0.15, 0.2) is 10.9 Å². The molecule has 0 aliphatic heterocycles. The van der Waals surface area contributed by atoms with Crippen molar-refractivity contribution in [3.8, 4) is 0 Å². The summed E-state index contributed by atoms with van der Waals surface area (Å²) in [7, 11) is 0. The molecule has 0 radical (unpaired) electrons. The molecule has 0 atom stereocenters.